The molecule has 5 heteroatoms. The lowest BCUT2D eigenvalue weighted by Gasteiger charge is -2.15. The molecule has 2 rings (SSSR count). The zero-order valence-corrected chi connectivity index (χ0v) is 11.9. The van der Waals surface area contributed by atoms with E-state index in [1.54, 1.807) is 6.08 Å². The molecule has 2 atom stereocenters. The van der Waals surface area contributed by atoms with Crippen LogP contribution in [0.5, 0.6) is 0 Å². The minimum atomic E-state index is -0.913. The number of nitrogens with zero attached hydrogens (tertiary/aromatic N) is 1. The van der Waals surface area contributed by atoms with Crippen LogP contribution >= 0.6 is 0 Å². The van der Waals surface area contributed by atoms with Crippen LogP contribution in [0, 0.1) is 11.8 Å². The van der Waals surface area contributed by atoms with Crippen molar-refractivity contribution in [3.05, 3.63) is 48.6 Å². The van der Waals surface area contributed by atoms with E-state index in [9.17, 15) is 14.7 Å². The highest BCUT2D eigenvalue weighted by Gasteiger charge is 2.41. The van der Waals surface area contributed by atoms with Gasteiger partial charge in [0.1, 0.15) is 0 Å². The van der Waals surface area contributed by atoms with E-state index < -0.39 is 17.8 Å². The number of carbonyl (C=O) groups is 2. The first kappa shape index (κ1) is 15.3. The molecule has 1 aliphatic heterocycles. The molecular weight excluding hydrogens is 268 g/mol. The van der Waals surface area contributed by atoms with Gasteiger partial charge in [-0.1, -0.05) is 36.4 Å². The predicted molar refractivity (Wildman–Crippen MR) is 79.5 cm³/mol. The number of aliphatic carboxylic acids is 1. The summed E-state index contributed by atoms with van der Waals surface area (Å²) in [6.07, 6.45) is 1.59. The van der Waals surface area contributed by atoms with E-state index in [0.717, 1.165) is 5.56 Å². The molecule has 0 saturated carbocycles. The summed E-state index contributed by atoms with van der Waals surface area (Å²) < 4.78 is 0. The van der Waals surface area contributed by atoms with Gasteiger partial charge in [-0.3, -0.25) is 14.5 Å². The molecule has 21 heavy (non-hydrogen) atoms. The van der Waals surface area contributed by atoms with Crippen LogP contribution in [0.4, 0.5) is 0 Å². The number of rotatable bonds is 6. The van der Waals surface area contributed by atoms with Crippen molar-refractivity contribution in [1.82, 2.24) is 10.2 Å². The number of carboxylic acid groups (broad SMARTS) is 1. The van der Waals surface area contributed by atoms with E-state index in [2.05, 4.69) is 11.9 Å². The van der Waals surface area contributed by atoms with Crippen LogP contribution in [0.3, 0.4) is 0 Å². The first-order valence-corrected chi connectivity index (χ1v) is 6.99. The van der Waals surface area contributed by atoms with Crippen molar-refractivity contribution >= 4 is 11.9 Å². The predicted octanol–water partition coefficient (Wildman–Crippen LogP) is 1.12. The van der Waals surface area contributed by atoms with Gasteiger partial charge in [-0.2, -0.15) is 0 Å². The monoisotopic (exact) mass is 288 g/mol. The Kier molecular flexibility index (Phi) is 5.11. The highest BCUT2D eigenvalue weighted by molar-refractivity contribution is 5.85. The van der Waals surface area contributed by atoms with Crippen LogP contribution in [0.25, 0.3) is 0 Å². The summed E-state index contributed by atoms with van der Waals surface area (Å²) in [5.41, 5.74) is 1.12. The molecule has 1 heterocycles. The Bertz CT molecular complexity index is 516. The topological polar surface area (TPSA) is 69.6 Å². The summed E-state index contributed by atoms with van der Waals surface area (Å²) in [5.74, 6) is -2.29. The van der Waals surface area contributed by atoms with Crippen LogP contribution in [-0.2, 0) is 16.1 Å². The van der Waals surface area contributed by atoms with Gasteiger partial charge in [0.15, 0.2) is 0 Å². The Labute approximate surface area is 124 Å². The molecular formula is C16H20N2O3. The largest absolute Gasteiger partial charge is 0.481 e. The van der Waals surface area contributed by atoms with Crippen LogP contribution in [0.1, 0.15) is 5.56 Å². The highest BCUT2D eigenvalue weighted by Crippen LogP contribution is 2.25. The van der Waals surface area contributed by atoms with Gasteiger partial charge in [-0.15, -0.1) is 6.58 Å². The van der Waals surface area contributed by atoms with Crippen LogP contribution < -0.4 is 5.32 Å². The summed E-state index contributed by atoms with van der Waals surface area (Å²) in [4.78, 5) is 25.4. The normalized spacial score (nSPS) is 21.9. The summed E-state index contributed by atoms with van der Waals surface area (Å²) in [6.45, 7) is 5.43. The number of amides is 1. The third-order valence-electron chi connectivity index (χ3n) is 3.72. The fraction of sp³-hybridized carbons (Fsp3) is 0.375. The fourth-order valence-corrected chi connectivity index (χ4v) is 2.68. The maximum atomic E-state index is 12.1. The number of likely N-dealkylation sites (tertiary alicyclic amines) is 1. The lowest BCUT2D eigenvalue weighted by atomic mass is 9.95. The molecule has 2 unspecified atom stereocenters. The SMILES string of the molecule is C=CCNC(=O)C1CN(Cc2ccccc2)CC1C(=O)O. The number of carbonyl (C=O) groups excluding carboxylic acids is 1. The van der Waals surface area contributed by atoms with Crippen molar-refractivity contribution in [2.24, 2.45) is 11.8 Å². The zero-order valence-electron chi connectivity index (χ0n) is 11.9. The molecule has 1 aromatic rings. The number of hydrogen-bond donors (Lipinski definition) is 2. The van der Waals surface area contributed by atoms with Crippen molar-refractivity contribution in [1.29, 1.82) is 0 Å². The zero-order chi connectivity index (χ0) is 15.2. The Morgan fingerprint density at radius 2 is 1.95 bits per heavy atom. The lowest BCUT2D eigenvalue weighted by molar-refractivity contribution is -0.145. The molecule has 1 saturated heterocycles. The summed E-state index contributed by atoms with van der Waals surface area (Å²) in [7, 11) is 0. The minimum Gasteiger partial charge on any atom is -0.481 e. The average molecular weight is 288 g/mol. The summed E-state index contributed by atoms with van der Waals surface area (Å²) in [6, 6.07) is 9.85. The van der Waals surface area contributed by atoms with Gasteiger partial charge in [-0.25, -0.2) is 0 Å². The average Bonchev–Trinajstić information content (AvgIpc) is 2.90. The minimum absolute atomic E-state index is 0.210. The third-order valence-corrected chi connectivity index (χ3v) is 3.72. The Morgan fingerprint density at radius 3 is 2.57 bits per heavy atom. The Balaban J connectivity index is 2.02. The standard InChI is InChI=1S/C16H20N2O3/c1-2-8-17-15(19)13-10-18(11-14(13)16(20)21)9-12-6-4-3-5-7-12/h2-7,13-14H,1,8-11H2,(H,17,19)(H,20,21). The van der Waals surface area contributed by atoms with Crippen LogP contribution in [0.2, 0.25) is 0 Å². The maximum absolute atomic E-state index is 12.1. The molecule has 2 N–H and O–H groups in total. The van der Waals surface area contributed by atoms with Gasteiger partial charge >= 0.3 is 5.97 Å². The van der Waals surface area contributed by atoms with E-state index in [-0.39, 0.29) is 5.91 Å². The summed E-state index contributed by atoms with van der Waals surface area (Å²) in [5, 5.41) is 12.0. The van der Waals surface area contributed by atoms with E-state index in [1.807, 2.05) is 35.2 Å². The molecule has 1 fully saturated rings. The van der Waals surface area contributed by atoms with Crippen LogP contribution in [-0.4, -0.2) is 41.5 Å². The fourth-order valence-electron chi connectivity index (χ4n) is 2.68. The smallest absolute Gasteiger partial charge is 0.308 e. The Hall–Kier alpha value is -2.14. The van der Waals surface area contributed by atoms with Gasteiger partial charge in [0, 0.05) is 26.2 Å². The molecule has 0 aliphatic carbocycles. The van der Waals surface area contributed by atoms with Gasteiger partial charge in [-0.05, 0) is 5.56 Å². The van der Waals surface area contributed by atoms with Crippen molar-refractivity contribution in [3.8, 4) is 0 Å². The molecule has 1 aliphatic rings. The molecule has 112 valence electrons. The second-order valence-corrected chi connectivity index (χ2v) is 5.26. The quantitative estimate of drug-likeness (QED) is 0.770. The van der Waals surface area contributed by atoms with Crippen molar-refractivity contribution < 1.29 is 14.7 Å². The second-order valence-electron chi connectivity index (χ2n) is 5.26. The first-order chi connectivity index (χ1) is 10.1. The van der Waals surface area contributed by atoms with Crippen molar-refractivity contribution in [3.63, 3.8) is 0 Å². The third kappa shape index (κ3) is 3.92. The number of benzene rings is 1. The van der Waals surface area contributed by atoms with Gasteiger partial charge < -0.3 is 10.4 Å². The van der Waals surface area contributed by atoms with Gasteiger partial charge in [0.2, 0.25) is 5.91 Å². The molecule has 1 amide bonds. The van der Waals surface area contributed by atoms with Crippen molar-refractivity contribution in [2.45, 2.75) is 6.54 Å². The van der Waals surface area contributed by atoms with Gasteiger partial charge in [0.25, 0.3) is 0 Å². The van der Waals surface area contributed by atoms with E-state index in [1.165, 1.54) is 0 Å². The summed E-state index contributed by atoms with van der Waals surface area (Å²) >= 11 is 0. The molecule has 0 spiro atoms. The number of hydrogen-bond acceptors (Lipinski definition) is 3. The molecule has 0 bridgehead atoms. The van der Waals surface area contributed by atoms with Gasteiger partial charge in [0.05, 0.1) is 11.8 Å². The maximum Gasteiger partial charge on any atom is 0.308 e. The van der Waals surface area contributed by atoms with E-state index in [0.29, 0.717) is 26.2 Å². The van der Waals surface area contributed by atoms with E-state index >= 15 is 0 Å². The highest BCUT2D eigenvalue weighted by atomic mass is 16.4. The number of nitrogens with one attached hydrogen (secondary N) is 1. The molecule has 0 aromatic heterocycles. The molecule has 1 aromatic carbocycles. The Morgan fingerprint density at radius 1 is 1.29 bits per heavy atom. The lowest BCUT2D eigenvalue weighted by Crippen LogP contribution is -2.37. The molecule has 5 nitrogen and oxygen atoms in total. The number of carboxylic acids is 1. The second kappa shape index (κ2) is 7.04. The van der Waals surface area contributed by atoms with E-state index in [4.69, 9.17) is 0 Å². The first-order valence-electron chi connectivity index (χ1n) is 6.99. The van der Waals surface area contributed by atoms with Crippen molar-refractivity contribution in [2.75, 3.05) is 19.6 Å². The molecule has 0 radical (unpaired) electrons. The van der Waals surface area contributed by atoms with Crippen LogP contribution in [0.15, 0.2) is 43.0 Å².